The molecule has 0 radical (unpaired) electrons. The van der Waals surface area contributed by atoms with E-state index in [2.05, 4.69) is 65.3 Å². The van der Waals surface area contributed by atoms with Gasteiger partial charge in [0.15, 0.2) is 0 Å². The number of hydrogen-bond acceptors (Lipinski definition) is 5. The highest BCUT2D eigenvalue weighted by Crippen LogP contribution is 2.43. The van der Waals surface area contributed by atoms with Crippen LogP contribution in [0.4, 0.5) is 0 Å². The monoisotopic (exact) mass is 473 g/mol. The van der Waals surface area contributed by atoms with Gasteiger partial charge in [0, 0.05) is 18.1 Å². The second-order valence-corrected chi connectivity index (χ2v) is 12.5. The van der Waals surface area contributed by atoms with E-state index in [1.54, 1.807) is 0 Å². The van der Waals surface area contributed by atoms with Gasteiger partial charge in [-0.25, -0.2) is 0 Å². The number of piperidine rings is 4. The molecule has 0 saturated carbocycles. The molecule has 0 amide bonds. The molecule has 5 nitrogen and oxygen atoms in total. The maximum absolute atomic E-state index is 4.33. The summed E-state index contributed by atoms with van der Waals surface area (Å²) in [4.78, 5) is 13.4. The average molecular weight is 474 g/mol. The lowest BCUT2D eigenvalue weighted by Crippen LogP contribution is -2.59. The summed E-state index contributed by atoms with van der Waals surface area (Å²) < 4.78 is 0. The van der Waals surface area contributed by atoms with Crippen molar-refractivity contribution in [3.05, 3.63) is 12.7 Å². The molecule has 0 spiro atoms. The zero-order chi connectivity index (χ0) is 24.1. The lowest BCUT2D eigenvalue weighted by atomic mass is 9.67. The van der Waals surface area contributed by atoms with Gasteiger partial charge >= 0.3 is 0 Å². The van der Waals surface area contributed by atoms with Crippen LogP contribution in [0.3, 0.4) is 0 Å². The Morgan fingerprint density at radius 2 is 0.941 bits per heavy atom. The standard InChI is InChI=1S/C29H55N5/c1-6-7-28(29(24-8-16-30(2)17-9-24)25-10-18-31(3)19-11-25)34(26-12-20-32(4)21-13-26)27-14-22-33(5)23-15-27/h6,24-29H,1,7-23H2,2-5H3. The molecule has 4 fully saturated rings. The Kier molecular flexibility index (Phi) is 9.91. The third kappa shape index (κ3) is 6.64. The van der Waals surface area contributed by atoms with Gasteiger partial charge in [-0.05, 0) is 156 Å². The molecule has 4 aliphatic heterocycles. The zero-order valence-electron chi connectivity index (χ0n) is 23.0. The van der Waals surface area contributed by atoms with Crippen LogP contribution in [0.5, 0.6) is 0 Å². The third-order valence-corrected chi connectivity index (χ3v) is 10.1. The van der Waals surface area contributed by atoms with E-state index < -0.39 is 0 Å². The Bertz CT molecular complexity index is 502. The Labute approximate surface area is 211 Å². The molecule has 0 aliphatic carbocycles. The Balaban J connectivity index is 1.64. The quantitative estimate of drug-likeness (QED) is 0.498. The topological polar surface area (TPSA) is 16.2 Å². The van der Waals surface area contributed by atoms with Crippen molar-refractivity contribution < 1.29 is 0 Å². The first kappa shape index (κ1) is 26.6. The number of hydrogen-bond donors (Lipinski definition) is 0. The van der Waals surface area contributed by atoms with E-state index in [1.807, 2.05) is 0 Å². The fourth-order valence-corrected chi connectivity index (χ4v) is 7.91. The summed E-state index contributed by atoms with van der Waals surface area (Å²) in [6, 6.07) is 2.20. The van der Waals surface area contributed by atoms with E-state index >= 15 is 0 Å². The molecule has 4 saturated heterocycles. The van der Waals surface area contributed by atoms with Crippen molar-refractivity contribution in [1.29, 1.82) is 0 Å². The molecule has 1 unspecified atom stereocenters. The highest BCUT2D eigenvalue weighted by Gasteiger charge is 2.44. The smallest absolute Gasteiger partial charge is 0.0169 e. The van der Waals surface area contributed by atoms with Gasteiger partial charge in [0.05, 0.1) is 0 Å². The van der Waals surface area contributed by atoms with Crippen molar-refractivity contribution in [2.45, 2.75) is 75.9 Å². The summed E-state index contributed by atoms with van der Waals surface area (Å²) in [7, 11) is 9.28. The molecular formula is C29H55N5. The Hall–Kier alpha value is -0.460. The van der Waals surface area contributed by atoms with E-state index in [0.717, 1.165) is 29.8 Å². The number of nitrogens with zero attached hydrogens (tertiary/aromatic N) is 5. The molecule has 196 valence electrons. The number of likely N-dealkylation sites (tertiary alicyclic amines) is 4. The van der Waals surface area contributed by atoms with Crippen LogP contribution in [0, 0.1) is 17.8 Å². The summed E-state index contributed by atoms with van der Waals surface area (Å²) in [6.07, 6.45) is 14.5. The van der Waals surface area contributed by atoms with Gasteiger partial charge in [-0.15, -0.1) is 6.58 Å². The van der Waals surface area contributed by atoms with Crippen molar-refractivity contribution in [2.75, 3.05) is 80.5 Å². The first-order valence-corrected chi connectivity index (χ1v) is 14.6. The van der Waals surface area contributed by atoms with Crippen molar-refractivity contribution in [3.63, 3.8) is 0 Å². The first-order chi connectivity index (χ1) is 16.5. The van der Waals surface area contributed by atoms with Crippen molar-refractivity contribution in [2.24, 2.45) is 17.8 Å². The highest BCUT2D eigenvalue weighted by molar-refractivity contribution is 5.00. The van der Waals surface area contributed by atoms with Gasteiger partial charge in [0.1, 0.15) is 0 Å². The lowest BCUT2D eigenvalue weighted by Gasteiger charge is -2.54. The Morgan fingerprint density at radius 1 is 0.618 bits per heavy atom. The molecular weight excluding hydrogens is 418 g/mol. The molecule has 0 aromatic rings. The maximum atomic E-state index is 4.33. The average Bonchev–Trinajstić information content (AvgIpc) is 2.84. The van der Waals surface area contributed by atoms with Gasteiger partial charge in [0.2, 0.25) is 0 Å². The fourth-order valence-electron chi connectivity index (χ4n) is 7.91. The van der Waals surface area contributed by atoms with Crippen LogP contribution in [-0.4, -0.2) is 123 Å². The molecule has 0 bridgehead atoms. The maximum Gasteiger partial charge on any atom is 0.0169 e. The van der Waals surface area contributed by atoms with E-state index in [9.17, 15) is 0 Å². The number of rotatable bonds is 8. The lowest BCUT2D eigenvalue weighted by molar-refractivity contribution is -0.0446. The third-order valence-electron chi connectivity index (χ3n) is 10.1. The summed E-state index contributed by atoms with van der Waals surface area (Å²) >= 11 is 0. The molecule has 34 heavy (non-hydrogen) atoms. The minimum atomic E-state index is 0.682. The predicted molar refractivity (Wildman–Crippen MR) is 145 cm³/mol. The molecule has 0 aromatic heterocycles. The van der Waals surface area contributed by atoms with Crippen molar-refractivity contribution >= 4 is 0 Å². The minimum Gasteiger partial charge on any atom is -0.306 e. The van der Waals surface area contributed by atoms with Gasteiger partial charge in [-0.1, -0.05) is 6.08 Å². The zero-order valence-corrected chi connectivity index (χ0v) is 23.0. The van der Waals surface area contributed by atoms with Crippen LogP contribution in [0.2, 0.25) is 0 Å². The fraction of sp³-hybridized carbons (Fsp3) is 0.931. The van der Waals surface area contributed by atoms with Gasteiger partial charge in [-0.2, -0.15) is 0 Å². The van der Waals surface area contributed by atoms with E-state index in [0.29, 0.717) is 6.04 Å². The van der Waals surface area contributed by atoms with E-state index in [1.165, 1.54) is 110 Å². The largest absolute Gasteiger partial charge is 0.306 e. The van der Waals surface area contributed by atoms with Crippen LogP contribution in [0.15, 0.2) is 12.7 Å². The molecule has 0 N–H and O–H groups in total. The summed E-state index contributed by atoms with van der Waals surface area (Å²) in [5, 5.41) is 0. The summed E-state index contributed by atoms with van der Waals surface area (Å²) in [5.74, 6) is 2.60. The molecule has 4 heterocycles. The van der Waals surface area contributed by atoms with Gasteiger partial charge < -0.3 is 19.6 Å². The van der Waals surface area contributed by atoms with Gasteiger partial charge in [-0.3, -0.25) is 4.90 Å². The minimum absolute atomic E-state index is 0.682. The predicted octanol–water partition coefficient (Wildman–Crippen LogP) is 3.72. The molecule has 5 heteroatoms. The van der Waals surface area contributed by atoms with Crippen molar-refractivity contribution in [3.8, 4) is 0 Å². The summed E-state index contributed by atoms with van der Waals surface area (Å²) in [5.41, 5.74) is 0. The van der Waals surface area contributed by atoms with E-state index in [4.69, 9.17) is 0 Å². The Morgan fingerprint density at radius 3 is 1.26 bits per heavy atom. The molecule has 1 atom stereocenters. The van der Waals surface area contributed by atoms with Gasteiger partial charge in [0.25, 0.3) is 0 Å². The SMILES string of the molecule is C=CCC(C(C1CCN(C)CC1)C1CCN(C)CC1)N(C1CCN(C)CC1)C1CCN(C)CC1. The van der Waals surface area contributed by atoms with Crippen LogP contribution in [-0.2, 0) is 0 Å². The highest BCUT2D eigenvalue weighted by atomic mass is 15.3. The molecule has 4 rings (SSSR count). The second-order valence-electron chi connectivity index (χ2n) is 12.5. The normalized spacial score (nSPS) is 28.2. The van der Waals surface area contributed by atoms with E-state index in [-0.39, 0.29) is 0 Å². The second kappa shape index (κ2) is 12.7. The van der Waals surface area contributed by atoms with Crippen LogP contribution >= 0.6 is 0 Å². The van der Waals surface area contributed by atoms with Crippen LogP contribution in [0.1, 0.15) is 57.8 Å². The molecule has 0 aromatic carbocycles. The van der Waals surface area contributed by atoms with Crippen LogP contribution < -0.4 is 0 Å². The first-order valence-electron chi connectivity index (χ1n) is 14.6. The summed E-state index contributed by atoms with van der Waals surface area (Å²) in [6.45, 7) is 14.6. The van der Waals surface area contributed by atoms with Crippen LogP contribution in [0.25, 0.3) is 0 Å². The molecule has 4 aliphatic rings. The van der Waals surface area contributed by atoms with Crippen molar-refractivity contribution in [1.82, 2.24) is 24.5 Å².